The van der Waals surface area contributed by atoms with Gasteiger partial charge in [-0.3, -0.25) is 9.80 Å². The molecular weight excluding hydrogens is 892 g/mol. The van der Waals surface area contributed by atoms with Gasteiger partial charge in [0.05, 0.1) is 5.69 Å². The quantitative estimate of drug-likeness (QED) is 0.165. The fraction of sp³-hybridized carbons (Fsp3) is 0.545. The van der Waals surface area contributed by atoms with E-state index >= 15 is 0 Å². The Labute approximate surface area is 435 Å². The average Bonchev–Trinajstić information content (AvgIpc) is 3.85. The molecule has 0 amide bonds. The van der Waals surface area contributed by atoms with Gasteiger partial charge < -0.3 is 0 Å². The van der Waals surface area contributed by atoms with E-state index in [4.69, 9.17) is 9.97 Å². The molecule has 2 aliphatic heterocycles. The molecule has 0 unspecified atom stereocenters. The van der Waals surface area contributed by atoms with Crippen molar-refractivity contribution in [2.75, 3.05) is 9.80 Å². The largest absolute Gasteiger partial charge is 0.296 e. The van der Waals surface area contributed by atoms with Crippen molar-refractivity contribution in [3.8, 4) is 0 Å². The molecule has 17 rings (SSSR count). The molecule has 0 radical (unpaired) electrons. The first-order valence-electron chi connectivity index (χ1n) is 28.4. The third-order valence-electron chi connectivity index (χ3n) is 21.8. The molecule has 6 aromatic rings. The monoisotopic (exact) mass is 969 g/mol. The number of hydrogen-bond acceptors (Lipinski definition) is 5. The van der Waals surface area contributed by atoms with Gasteiger partial charge in [-0.05, 0) is 207 Å². The fourth-order valence-electron chi connectivity index (χ4n) is 19.3. The maximum absolute atomic E-state index is 6.34. The van der Waals surface area contributed by atoms with Gasteiger partial charge in [-0.15, -0.1) is 11.3 Å². The summed E-state index contributed by atoms with van der Waals surface area (Å²) >= 11 is 2.02. The summed E-state index contributed by atoms with van der Waals surface area (Å²) in [7, 11) is 0. The summed E-state index contributed by atoms with van der Waals surface area (Å²) in [5, 5.41) is 1.35. The third-order valence-corrected chi connectivity index (χ3v) is 23.0. The standard InChI is InChI=1S/C66H77BN4S/c1-60(2,3)36-15-18-38(19-16-36)71-55-43-26-37(61(4,5)6)17-22-53(43)72-56(55)67-51-28-49-50(65(13,14)34-64(49,11)12)29-52(51)70(39-20-21-47-48(27-39)63(9,10)33-62(47,7)8)57-54(67)58(71)69-59(68-57)66-30-44-40-23-35-24-41(44)46(32-66)42(25-35)45(40)31-66/h15-22,26-29,35,40-42,44-46H,23-25,30-34H2,1-14H3/t35?,40-,41-,42?,44?,45?,46?,66-/m1/s1. The van der Waals surface area contributed by atoms with E-state index in [1.54, 1.807) is 0 Å². The molecule has 7 fully saturated rings. The van der Waals surface area contributed by atoms with E-state index in [-0.39, 0.29) is 44.6 Å². The van der Waals surface area contributed by atoms with Crippen LogP contribution in [0.3, 0.4) is 0 Å². The van der Waals surface area contributed by atoms with Gasteiger partial charge in [-0.1, -0.05) is 127 Å². The first-order chi connectivity index (χ1) is 33.8. The Morgan fingerprint density at radius 3 is 1.64 bits per heavy atom. The molecule has 6 heteroatoms. The highest BCUT2D eigenvalue weighted by atomic mass is 32.1. The predicted octanol–water partition coefficient (Wildman–Crippen LogP) is 15.2. The number of fused-ring (bicyclic) bond motifs is 8. The molecule has 4 heterocycles. The number of aromatic nitrogens is 2. The summed E-state index contributed by atoms with van der Waals surface area (Å²) in [6.45, 7) is 34.0. The molecule has 2 aromatic heterocycles. The highest BCUT2D eigenvalue weighted by Gasteiger charge is 2.68. The van der Waals surface area contributed by atoms with Crippen LogP contribution in [0.4, 0.5) is 34.4 Å². The van der Waals surface area contributed by atoms with Crippen molar-refractivity contribution >= 4 is 78.2 Å². The zero-order chi connectivity index (χ0) is 49.9. The number of rotatable bonds is 3. The molecule has 370 valence electrons. The minimum atomic E-state index is -0.0110. The third kappa shape index (κ3) is 5.83. The predicted molar refractivity (Wildman–Crippen MR) is 304 cm³/mol. The van der Waals surface area contributed by atoms with Crippen molar-refractivity contribution in [1.82, 2.24) is 9.97 Å². The molecule has 0 N–H and O–H groups in total. The van der Waals surface area contributed by atoms with E-state index in [0.29, 0.717) is 0 Å². The highest BCUT2D eigenvalue weighted by molar-refractivity contribution is 7.33. The zero-order valence-electron chi connectivity index (χ0n) is 45.9. The second kappa shape index (κ2) is 13.7. The lowest BCUT2D eigenvalue weighted by atomic mass is 9.33. The highest BCUT2D eigenvalue weighted by Crippen LogP contribution is 2.74. The molecule has 7 saturated carbocycles. The van der Waals surface area contributed by atoms with Crippen LogP contribution in [0.15, 0.2) is 72.8 Å². The molecule has 4 nitrogen and oxygen atoms in total. The molecule has 4 aromatic carbocycles. The Hall–Kier alpha value is -4.42. The second-order valence-electron chi connectivity index (χ2n) is 30.3. The van der Waals surface area contributed by atoms with E-state index < -0.39 is 0 Å². The summed E-state index contributed by atoms with van der Waals surface area (Å²) in [5.74, 6) is 9.64. The van der Waals surface area contributed by atoms with Crippen LogP contribution in [0.25, 0.3) is 10.1 Å². The van der Waals surface area contributed by atoms with Crippen LogP contribution in [-0.2, 0) is 37.9 Å². The van der Waals surface area contributed by atoms with Crippen molar-refractivity contribution in [2.45, 2.75) is 186 Å². The minimum absolute atomic E-state index is 0.00502. The lowest BCUT2D eigenvalue weighted by molar-refractivity contribution is -0.213. The fourth-order valence-corrected chi connectivity index (χ4v) is 20.6. The number of hydrogen-bond donors (Lipinski definition) is 0. The molecule has 72 heavy (non-hydrogen) atoms. The van der Waals surface area contributed by atoms with Gasteiger partial charge >= 0.3 is 0 Å². The summed E-state index contributed by atoms with van der Waals surface area (Å²) in [4.78, 5) is 18.0. The van der Waals surface area contributed by atoms with E-state index in [0.717, 1.165) is 71.7 Å². The molecular formula is C66H77BN4S. The van der Waals surface area contributed by atoms with E-state index in [1.807, 2.05) is 11.3 Å². The van der Waals surface area contributed by atoms with Crippen molar-refractivity contribution in [1.29, 1.82) is 0 Å². The van der Waals surface area contributed by atoms with Crippen LogP contribution in [0.1, 0.15) is 188 Å². The Morgan fingerprint density at radius 1 is 0.542 bits per heavy atom. The van der Waals surface area contributed by atoms with Gasteiger partial charge in [-0.25, -0.2) is 9.97 Å². The van der Waals surface area contributed by atoms with Crippen molar-refractivity contribution in [2.24, 2.45) is 41.4 Å². The van der Waals surface area contributed by atoms with Gasteiger partial charge in [0.25, 0.3) is 6.71 Å². The normalized spacial score (nSPS) is 30.8. The molecule has 9 aliphatic carbocycles. The Balaban J connectivity index is 1.06. The van der Waals surface area contributed by atoms with Crippen LogP contribution >= 0.6 is 11.3 Å². The number of nitrogens with zero attached hydrogens (tertiary/aromatic N) is 4. The second-order valence-corrected chi connectivity index (χ2v) is 31.4. The first-order valence-corrected chi connectivity index (χ1v) is 29.2. The molecule has 0 spiro atoms. The summed E-state index contributed by atoms with van der Waals surface area (Å²) < 4.78 is 2.78. The van der Waals surface area contributed by atoms with Crippen LogP contribution in [-0.4, -0.2) is 16.7 Å². The van der Waals surface area contributed by atoms with Crippen LogP contribution in [0.5, 0.6) is 0 Å². The molecule has 0 saturated heterocycles. The number of thiophene rings is 1. The van der Waals surface area contributed by atoms with Crippen LogP contribution in [0.2, 0.25) is 0 Å². The van der Waals surface area contributed by atoms with Gasteiger partial charge in [-0.2, -0.15) is 0 Å². The summed E-state index contributed by atoms with van der Waals surface area (Å²) in [6.07, 6.45) is 10.5. The lowest BCUT2D eigenvalue weighted by Gasteiger charge is -2.72. The minimum Gasteiger partial charge on any atom is -0.296 e. The van der Waals surface area contributed by atoms with Gasteiger partial charge in [0.1, 0.15) is 17.5 Å². The smallest absolute Gasteiger partial charge is 0.268 e. The topological polar surface area (TPSA) is 32.3 Å². The van der Waals surface area contributed by atoms with Gasteiger partial charge in [0, 0.05) is 42.8 Å². The number of anilines is 6. The molecule has 8 bridgehead atoms. The Bertz CT molecular complexity index is 3310. The van der Waals surface area contributed by atoms with Crippen LogP contribution < -0.4 is 25.5 Å². The first kappa shape index (κ1) is 45.0. The lowest BCUT2D eigenvalue weighted by Crippen LogP contribution is -2.67. The Morgan fingerprint density at radius 2 is 1.06 bits per heavy atom. The maximum Gasteiger partial charge on any atom is 0.268 e. The van der Waals surface area contributed by atoms with Gasteiger partial charge in [0.2, 0.25) is 0 Å². The molecule has 11 aliphatic rings. The van der Waals surface area contributed by atoms with Crippen molar-refractivity contribution < 1.29 is 0 Å². The zero-order valence-corrected chi connectivity index (χ0v) is 46.7. The summed E-state index contributed by atoms with van der Waals surface area (Å²) in [5.41, 5.74) is 16.9. The average molecular weight is 969 g/mol. The number of benzene rings is 4. The summed E-state index contributed by atoms with van der Waals surface area (Å²) in [6, 6.07) is 30.0. The van der Waals surface area contributed by atoms with E-state index in [9.17, 15) is 0 Å². The van der Waals surface area contributed by atoms with E-state index in [1.165, 1.54) is 120 Å². The maximum atomic E-state index is 6.34. The van der Waals surface area contributed by atoms with Crippen LogP contribution in [0, 0.1) is 41.4 Å². The van der Waals surface area contributed by atoms with E-state index in [2.05, 4.69) is 180 Å². The van der Waals surface area contributed by atoms with Crippen molar-refractivity contribution in [3.63, 3.8) is 0 Å². The van der Waals surface area contributed by atoms with Gasteiger partial charge in [0.15, 0.2) is 0 Å². The van der Waals surface area contributed by atoms with Crippen molar-refractivity contribution in [3.05, 3.63) is 112 Å². The SMILES string of the molecule is CC(C)(C)c1ccc(N2c3nc([C@]45CC6C7CC8C[C@@H]6C(C4)[C@@H](C8)C7C5)nc4c3B(c3cc5c(cc3N4c3ccc4c(c3)C(C)(C)CC4(C)C)C(C)(C)CC5(C)C)c3sc4ccc(C(C)(C)C)cc4c32)cc1. The Kier molecular flexibility index (Phi) is 8.57. The molecule has 0 atom stereocenters.